The monoisotopic (exact) mass is 418 g/mol. The molecule has 166 valence electrons. The van der Waals surface area contributed by atoms with Crippen LogP contribution in [-0.2, 0) is 20.4 Å². The van der Waals surface area contributed by atoms with E-state index in [9.17, 15) is 4.79 Å². The molecular formula is C29H38O2. The fourth-order valence-electron chi connectivity index (χ4n) is 4.11. The summed E-state index contributed by atoms with van der Waals surface area (Å²) >= 11 is 0. The summed E-state index contributed by atoms with van der Waals surface area (Å²) in [7, 11) is 0. The van der Waals surface area contributed by atoms with Crippen molar-refractivity contribution >= 4 is 27.5 Å². The topological polar surface area (TPSA) is 26.3 Å². The van der Waals surface area contributed by atoms with E-state index in [0.717, 1.165) is 25.7 Å². The van der Waals surface area contributed by atoms with Gasteiger partial charge >= 0.3 is 5.97 Å². The van der Waals surface area contributed by atoms with Crippen molar-refractivity contribution in [2.75, 3.05) is 6.61 Å². The van der Waals surface area contributed by atoms with Crippen molar-refractivity contribution in [1.82, 2.24) is 0 Å². The molecule has 0 aliphatic rings. The number of hydrogen-bond donors (Lipinski definition) is 0. The second-order valence-electron chi connectivity index (χ2n) is 10.5. The van der Waals surface area contributed by atoms with Gasteiger partial charge in [-0.15, -0.1) is 0 Å². The second-order valence-corrected chi connectivity index (χ2v) is 10.5. The van der Waals surface area contributed by atoms with Crippen LogP contribution in [0.2, 0.25) is 0 Å². The first-order chi connectivity index (χ1) is 14.6. The van der Waals surface area contributed by atoms with Crippen LogP contribution >= 0.6 is 0 Å². The third kappa shape index (κ3) is 5.87. The molecule has 2 heteroatoms. The number of ether oxygens (including phenoxy) is 1. The predicted octanol–water partition coefficient (Wildman–Crippen LogP) is 8.08. The Bertz CT molecular complexity index is 1050. The summed E-state index contributed by atoms with van der Waals surface area (Å²) in [4.78, 5) is 11.9. The molecular weight excluding hydrogens is 380 g/mol. The highest BCUT2D eigenvalue weighted by Gasteiger charge is 2.21. The van der Waals surface area contributed by atoms with E-state index in [1.807, 2.05) is 0 Å². The molecule has 3 rings (SSSR count). The number of hydrogen-bond acceptors (Lipinski definition) is 2. The zero-order valence-corrected chi connectivity index (χ0v) is 20.2. The Morgan fingerprint density at radius 1 is 0.774 bits per heavy atom. The van der Waals surface area contributed by atoms with Gasteiger partial charge in [-0.05, 0) is 74.9 Å². The summed E-state index contributed by atoms with van der Waals surface area (Å²) in [5.74, 6) is -0.0658. The summed E-state index contributed by atoms with van der Waals surface area (Å²) in [5.41, 5.74) is 2.84. The minimum atomic E-state index is -0.0658. The molecule has 2 nitrogen and oxygen atoms in total. The van der Waals surface area contributed by atoms with Crippen LogP contribution in [0.1, 0.15) is 84.8 Å². The zero-order valence-electron chi connectivity index (χ0n) is 20.2. The summed E-state index contributed by atoms with van der Waals surface area (Å²) in [5, 5.41) is 5.14. The Hall–Kier alpha value is -2.35. The number of fused-ring (bicyclic) bond motifs is 2. The van der Waals surface area contributed by atoms with Crippen LogP contribution in [0.3, 0.4) is 0 Å². The molecule has 0 heterocycles. The van der Waals surface area contributed by atoms with Gasteiger partial charge in [0.1, 0.15) is 0 Å². The molecule has 3 aromatic rings. The number of benzene rings is 3. The SMILES string of the molecule is CCCCOC(=O)CCCC(C)(C)c1ccc2cc3ccc(C(C)(C)C)cc3cc2c1. The molecule has 0 atom stereocenters. The van der Waals surface area contributed by atoms with Crippen molar-refractivity contribution in [3.8, 4) is 0 Å². The third-order valence-electron chi connectivity index (χ3n) is 6.39. The van der Waals surface area contributed by atoms with Gasteiger partial charge < -0.3 is 4.74 Å². The van der Waals surface area contributed by atoms with Crippen LogP contribution in [0.4, 0.5) is 0 Å². The first kappa shape index (κ1) is 23.3. The Morgan fingerprint density at radius 3 is 1.97 bits per heavy atom. The second kappa shape index (κ2) is 9.42. The molecule has 3 aromatic carbocycles. The average molecular weight is 419 g/mol. The fourth-order valence-corrected chi connectivity index (χ4v) is 4.11. The van der Waals surface area contributed by atoms with Crippen LogP contribution in [0.5, 0.6) is 0 Å². The number of esters is 1. The molecule has 0 aliphatic heterocycles. The molecule has 0 unspecified atom stereocenters. The zero-order chi connectivity index (χ0) is 22.6. The molecule has 0 fully saturated rings. The maximum atomic E-state index is 11.9. The van der Waals surface area contributed by atoms with Crippen molar-refractivity contribution in [2.45, 2.75) is 84.5 Å². The maximum absolute atomic E-state index is 11.9. The lowest BCUT2D eigenvalue weighted by Gasteiger charge is -2.26. The average Bonchev–Trinajstić information content (AvgIpc) is 2.70. The van der Waals surface area contributed by atoms with E-state index in [4.69, 9.17) is 4.74 Å². The van der Waals surface area contributed by atoms with Gasteiger partial charge in [-0.25, -0.2) is 0 Å². The van der Waals surface area contributed by atoms with Crippen LogP contribution in [0.15, 0.2) is 48.5 Å². The number of rotatable bonds is 8. The first-order valence-electron chi connectivity index (χ1n) is 11.7. The summed E-state index contributed by atoms with van der Waals surface area (Å²) in [6.07, 6.45) is 4.31. The van der Waals surface area contributed by atoms with E-state index in [1.54, 1.807) is 0 Å². The third-order valence-corrected chi connectivity index (χ3v) is 6.39. The van der Waals surface area contributed by atoms with E-state index in [2.05, 4.69) is 90.1 Å². The van der Waals surface area contributed by atoms with Gasteiger partial charge in [0.05, 0.1) is 6.61 Å². The molecule has 0 saturated heterocycles. The van der Waals surface area contributed by atoms with Gasteiger partial charge in [0.25, 0.3) is 0 Å². The van der Waals surface area contributed by atoms with Gasteiger partial charge in [0.2, 0.25) is 0 Å². The van der Waals surface area contributed by atoms with E-state index in [0.29, 0.717) is 13.0 Å². The Labute approximate surface area is 188 Å². The smallest absolute Gasteiger partial charge is 0.305 e. The molecule has 0 amide bonds. The molecule has 0 aliphatic carbocycles. The van der Waals surface area contributed by atoms with E-state index >= 15 is 0 Å². The highest BCUT2D eigenvalue weighted by atomic mass is 16.5. The van der Waals surface area contributed by atoms with Gasteiger partial charge in [0, 0.05) is 6.42 Å². The van der Waals surface area contributed by atoms with Crippen molar-refractivity contribution < 1.29 is 9.53 Å². The van der Waals surface area contributed by atoms with Gasteiger partial charge in [-0.1, -0.05) is 84.4 Å². The van der Waals surface area contributed by atoms with Crippen LogP contribution in [0, 0.1) is 0 Å². The van der Waals surface area contributed by atoms with Crippen LogP contribution in [-0.4, -0.2) is 12.6 Å². The summed E-state index contributed by atoms with van der Waals surface area (Å²) < 4.78 is 5.30. The Balaban J connectivity index is 1.78. The van der Waals surface area contributed by atoms with Gasteiger partial charge in [0.15, 0.2) is 0 Å². The summed E-state index contributed by atoms with van der Waals surface area (Å²) in [6, 6.07) is 18.3. The molecule has 0 N–H and O–H groups in total. The highest BCUT2D eigenvalue weighted by molar-refractivity contribution is 5.98. The molecule has 31 heavy (non-hydrogen) atoms. The highest BCUT2D eigenvalue weighted by Crippen LogP contribution is 2.34. The largest absolute Gasteiger partial charge is 0.466 e. The van der Waals surface area contributed by atoms with Gasteiger partial charge in [-0.2, -0.15) is 0 Å². The molecule has 0 saturated carbocycles. The predicted molar refractivity (Wildman–Crippen MR) is 133 cm³/mol. The standard InChI is InChI=1S/C29H38O2/c1-7-8-16-31-27(30)10-9-15-29(5,6)26-14-12-22-17-21-11-13-25(28(2,3)4)19-23(21)18-24(22)20-26/h11-14,17-20H,7-10,15-16H2,1-6H3. The molecule has 0 radical (unpaired) electrons. The normalized spacial score (nSPS) is 12.5. The molecule has 0 bridgehead atoms. The molecule has 0 spiro atoms. The quantitative estimate of drug-likeness (QED) is 0.210. The Morgan fingerprint density at radius 2 is 1.35 bits per heavy atom. The number of carbonyl (C=O) groups excluding carboxylic acids is 1. The molecule has 0 aromatic heterocycles. The number of unbranched alkanes of at least 4 members (excludes halogenated alkanes) is 1. The van der Waals surface area contributed by atoms with Crippen molar-refractivity contribution in [3.63, 3.8) is 0 Å². The lowest BCUT2D eigenvalue weighted by molar-refractivity contribution is -0.143. The summed E-state index contributed by atoms with van der Waals surface area (Å²) in [6.45, 7) is 14.0. The maximum Gasteiger partial charge on any atom is 0.305 e. The van der Waals surface area contributed by atoms with Crippen LogP contribution in [0.25, 0.3) is 21.5 Å². The lowest BCUT2D eigenvalue weighted by Crippen LogP contribution is -2.18. The van der Waals surface area contributed by atoms with E-state index in [-0.39, 0.29) is 16.8 Å². The first-order valence-corrected chi connectivity index (χ1v) is 11.7. The lowest BCUT2D eigenvalue weighted by atomic mass is 9.79. The minimum Gasteiger partial charge on any atom is -0.466 e. The Kier molecular flexibility index (Phi) is 7.09. The van der Waals surface area contributed by atoms with Gasteiger partial charge in [-0.3, -0.25) is 4.79 Å². The van der Waals surface area contributed by atoms with Crippen LogP contribution < -0.4 is 0 Å². The van der Waals surface area contributed by atoms with Crippen molar-refractivity contribution in [3.05, 3.63) is 59.7 Å². The van der Waals surface area contributed by atoms with E-state index < -0.39 is 0 Å². The minimum absolute atomic E-state index is 0.0140. The fraction of sp³-hybridized carbons (Fsp3) is 0.483. The van der Waals surface area contributed by atoms with Crippen molar-refractivity contribution in [1.29, 1.82) is 0 Å². The number of carbonyl (C=O) groups is 1. The van der Waals surface area contributed by atoms with E-state index in [1.165, 1.54) is 32.7 Å². The van der Waals surface area contributed by atoms with Crippen molar-refractivity contribution in [2.24, 2.45) is 0 Å².